The number of allylic oxidation sites excluding steroid dienone is 8. The van der Waals surface area contributed by atoms with Crippen LogP contribution in [0.4, 0.5) is 5.69 Å². The van der Waals surface area contributed by atoms with Crippen molar-refractivity contribution in [3.05, 3.63) is 82.5 Å². The maximum Gasteiger partial charge on any atom is 0.0406 e. The van der Waals surface area contributed by atoms with Gasteiger partial charge in [0.1, 0.15) is 0 Å². The Bertz CT molecular complexity index is 848. The Kier molecular flexibility index (Phi) is 11.5. The van der Waals surface area contributed by atoms with Crippen LogP contribution in [0.3, 0.4) is 0 Å². The Morgan fingerprint density at radius 1 is 1.14 bits per heavy atom. The Morgan fingerprint density at radius 3 is 2.00 bits per heavy atom. The molecule has 0 radical (unpaired) electrons. The van der Waals surface area contributed by atoms with Crippen molar-refractivity contribution in [2.75, 3.05) is 5.73 Å². The molecule has 0 amide bonds. The lowest BCUT2D eigenvalue weighted by Gasteiger charge is -2.20. The first-order valence-electron chi connectivity index (χ1n) is 10.2. The number of rotatable bonds is 6. The summed E-state index contributed by atoms with van der Waals surface area (Å²) in [7, 11) is 0. The van der Waals surface area contributed by atoms with Crippen LogP contribution in [-0.2, 0) is 0 Å². The molecular weight excluding hydrogens is 350 g/mol. The number of hydrogen-bond acceptors (Lipinski definition) is 1. The summed E-state index contributed by atoms with van der Waals surface area (Å²) < 4.78 is 0. The molecule has 0 fully saturated rings. The molecule has 0 heterocycles. The van der Waals surface area contributed by atoms with Gasteiger partial charge in [0.25, 0.3) is 0 Å². The van der Waals surface area contributed by atoms with E-state index in [9.17, 15) is 0 Å². The standard InChI is InChI=1S/C23H27N.C5H12/c1-9-11-17(7)18(8)23(22(15(3)4)16(5)6)20-13-12-19(10-2)14-21(20)24;1-4-5(2)3/h2,9,11-14H,3,5,24H2,1,4,6-8H3;5H,4H2,1-3H3/b11-9-,18-17+;. The van der Waals surface area contributed by atoms with E-state index in [4.69, 9.17) is 12.2 Å². The Morgan fingerprint density at radius 2 is 1.66 bits per heavy atom. The van der Waals surface area contributed by atoms with Crippen LogP contribution < -0.4 is 5.73 Å². The summed E-state index contributed by atoms with van der Waals surface area (Å²) in [5, 5.41) is 0. The fourth-order valence-corrected chi connectivity index (χ4v) is 2.77. The third-order valence-corrected chi connectivity index (χ3v) is 4.79. The first-order valence-corrected chi connectivity index (χ1v) is 10.2. The summed E-state index contributed by atoms with van der Waals surface area (Å²) in [6.45, 7) is 25.1. The zero-order chi connectivity index (χ0) is 22.7. The molecule has 0 aliphatic rings. The van der Waals surface area contributed by atoms with Gasteiger partial charge >= 0.3 is 0 Å². The van der Waals surface area contributed by atoms with E-state index in [1.165, 1.54) is 12.0 Å². The molecule has 1 aromatic carbocycles. The van der Waals surface area contributed by atoms with E-state index >= 15 is 0 Å². The van der Waals surface area contributed by atoms with Gasteiger partial charge in [-0.3, -0.25) is 0 Å². The molecule has 1 aromatic rings. The lowest BCUT2D eigenvalue weighted by atomic mass is 9.85. The molecule has 1 heteroatoms. The molecule has 0 aromatic heterocycles. The van der Waals surface area contributed by atoms with Gasteiger partial charge in [0, 0.05) is 16.8 Å². The van der Waals surface area contributed by atoms with Crippen LogP contribution in [0.5, 0.6) is 0 Å². The summed E-state index contributed by atoms with van der Waals surface area (Å²) in [4.78, 5) is 0. The van der Waals surface area contributed by atoms with E-state index in [0.717, 1.165) is 44.9 Å². The second-order valence-corrected chi connectivity index (χ2v) is 7.87. The van der Waals surface area contributed by atoms with Crippen molar-refractivity contribution in [1.29, 1.82) is 0 Å². The lowest BCUT2D eigenvalue weighted by Crippen LogP contribution is -2.02. The van der Waals surface area contributed by atoms with E-state index in [1.54, 1.807) is 0 Å². The Labute approximate surface area is 179 Å². The van der Waals surface area contributed by atoms with E-state index in [-0.39, 0.29) is 0 Å². The van der Waals surface area contributed by atoms with Gasteiger partial charge in [-0.25, -0.2) is 0 Å². The molecule has 0 saturated carbocycles. The minimum atomic E-state index is 0.660. The molecule has 29 heavy (non-hydrogen) atoms. The van der Waals surface area contributed by atoms with Gasteiger partial charge in [-0.15, -0.1) is 6.42 Å². The average Bonchev–Trinajstić information content (AvgIpc) is 2.65. The normalized spacial score (nSPS) is 11.3. The van der Waals surface area contributed by atoms with Gasteiger partial charge in [0.2, 0.25) is 0 Å². The van der Waals surface area contributed by atoms with E-state index < -0.39 is 0 Å². The van der Waals surface area contributed by atoms with Crippen molar-refractivity contribution >= 4 is 11.3 Å². The van der Waals surface area contributed by atoms with Crippen LogP contribution in [0, 0.1) is 18.3 Å². The molecule has 0 spiro atoms. The highest BCUT2D eigenvalue weighted by Gasteiger charge is 2.17. The van der Waals surface area contributed by atoms with E-state index in [1.807, 2.05) is 45.0 Å². The largest absolute Gasteiger partial charge is 0.398 e. The first kappa shape index (κ1) is 26.3. The van der Waals surface area contributed by atoms with E-state index in [0.29, 0.717) is 5.69 Å². The molecule has 0 unspecified atom stereocenters. The predicted molar refractivity (Wildman–Crippen MR) is 134 cm³/mol. The number of anilines is 1. The van der Waals surface area contributed by atoms with Gasteiger partial charge in [0.05, 0.1) is 0 Å². The molecule has 0 aliphatic heterocycles. The van der Waals surface area contributed by atoms with Crippen LogP contribution in [0.15, 0.2) is 71.4 Å². The van der Waals surface area contributed by atoms with Crippen molar-refractivity contribution in [2.45, 2.75) is 61.8 Å². The van der Waals surface area contributed by atoms with Gasteiger partial charge in [-0.2, -0.15) is 0 Å². The molecule has 156 valence electrons. The fourth-order valence-electron chi connectivity index (χ4n) is 2.77. The highest BCUT2D eigenvalue weighted by atomic mass is 14.6. The first-order chi connectivity index (χ1) is 13.5. The van der Waals surface area contributed by atoms with Gasteiger partial charge < -0.3 is 5.73 Å². The zero-order valence-electron chi connectivity index (χ0n) is 19.7. The van der Waals surface area contributed by atoms with Crippen molar-refractivity contribution < 1.29 is 0 Å². The quantitative estimate of drug-likeness (QED) is 0.297. The van der Waals surface area contributed by atoms with Gasteiger partial charge in [-0.1, -0.05) is 75.6 Å². The Hall–Kier alpha value is -2.72. The molecule has 0 saturated heterocycles. The maximum absolute atomic E-state index is 6.32. The third kappa shape index (κ3) is 8.04. The lowest BCUT2D eigenvalue weighted by molar-refractivity contribution is 0.626. The van der Waals surface area contributed by atoms with Crippen molar-refractivity contribution in [3.8, 4) is 12.3 Å². The highest BCUT2D eigenvalue weighted by molar-refractivity contribution is 5.91. The van der Waals surface area contributed by atoms with Crippen LogP contribution >= 0.6 is 0 Å². The average molecular weight is 390 g/mol. The monoisotopic (exact) mass is 389 g/mol. The minimum Gasteiger partial charge on any atom is -0.398 e. The fraction of sp³-hybridized carbons (Fsp3) is 0.357. The molecule has 2 N–H and O–H groups in total. The predicted octanol–water partition coefficient (Wildman–Crippen LogP) is 8.12. The second-order valence-electron chi connectivity index (χ2n) is 7.87. The maximum atomic E-state index is 6.32. The molecule has 1 nitrogen and oxygen atoms in total. The number of hydrogen-bond donors (Lipinski definition) is 1. The molecule has 1 rings (SSSR count). The van der Waals surface area contributed by atoms with Gasteiger partial charge in [0.15, 0.2) is 0 Å². The summed E-state index contributed by atoms with van der Waals surface area (Å²) in [5.74, 6) is 3.51. The zero-order valence-corrected chi connectivity index (χ0v) is 19.7. The van der Waals surface area contributed by atoms with Gasteiger partial charge in [-0.05, 0) is 75.0 Å². The summed E-state index contributed by atoms with van der Waals surface area (Å²) in [6.07, 6.45) is 10.9. The van der Waals surface area contributed by atoms with Crippen LogP contribution in [0.2, 0.25) is 0 Å². The Balaban J connectivity index is 0.00000139. The summed E-state index contributed by atoms with van der Waals surface area (Å²) in [5.41, 5.74) is 15.1. The molecular formula is C28H39N. The number of nitrogen functional groups attached to an aromatic ring is 1. The SMILES string of the molecule is C#Cc1ccc(C(=C(C(=C)C)C(=C)C)/C(C)=C(C)/C=C\C)c(N)c1.CCC(C)C. The third-order valence-electron chi connectivity index (χ3n) is 4.79. The summed E-state index contributed by atoms with van der Waals surface area (Å²) in [6, 6.07) is 5.73. The highest BCUT2D eigenvalue weighted by Crippen LogP contribution is 2.37. The smallest absolute Gasteiger partial charge is 0.0406 e. The molecule has 0 aliphatic carbocycles. The minimum absolute atomic E-state index is 0.660. The second kappa shape index (κ2) is 12.7. The number of benzene rings is 1. The van der Waals surface area contributed by atoms with Crippen LogP contribution in [0.25, 0.3) is 5.57 Å². The van der Waals surface area contributed by atoms with Crippen molar-refractivity contribution in [2.24, 2.45) is 5.92 Å². The number of nitrogens with two attached hydrogens (primary N) is 1. The van der Waals surface area contributed by atoms with E-state index in [2.05, 4.69) is 59.8 Å². The topological polar surface area (TPSA) is 26.0 Å². The van der Waals surface area contributed by atoms with Crippen LogP contribution in [0.1, 0.15) is 72.9 Å². The summed E-state index contributed by atoms with van der Waals surface area (Å²) >= 11 is 0. The number of terminal acetylenes is 1. The molecule has 0 bridgehead atoms. The van der Waals surface area contributed by atoms with Crippen molar-refractivity contribution in [1.82, 2.24) is 0 Å². The van der Waals surface area contributed by atoms with Crippen molar-refractivity contribution in [3.63, 3.8) is 0 Å². The molecule has 0 atom stereocenters. The van der Waals surface area contributed by atoms with Crippen LogP contribution in [-0.4, -0.2) is 0 Å².